The van der Waals surface area contributed by atoms with Crippen molar-refractivity contribution in [2.75, 3.05) is 16.5 Å². The number of hydrogen-bond acceptors (Lipinski definition) is 4. The molecule has 1 aliphatic heterocycles. The molecule has 0 radical (unpaired) electrons. The van der Waals surface area contributed by atoms with Crippen LogP contribution in [0.4, 0.5) is 11.4 Å². The first-order valence-corrected chi connectivity index (χ1v) is 19.4. The third-order valence-corrected chi connectivity index (χ3v) is 11.2. The van der Waals surface area contributed by atoms with Gasteiger partial charge in [0.1, 0.15) is 17.3 Å². The Labute approximate surface area is 329 Å². The summed E-state index contributed by atoms with van der Waals surface area (Å²) in [5, 5.41) is 2.33. The Morgan fingerprint density at radius 2 is 1.21 bits per heavy atom. The van der Waals surface area contributed by atoms with Crippen LogP contribution in [0.1, 0.15) is 56.9 Å². The molecule has 0 saturated carbocycles. The summed E-state index contributed by atoms with van der Waals surface area (Å²) in [6.45, 7) is 12.0. The highest BCUT2D eigenvalue weighted by Gasteiger charge is 2.27. The summed E-state index contributed by atoms with van der Waals surface area (Å²) in [6, 6.07) is 57.9. The van der Waals surface area contributed by atoms with Crippen LogP contribution in [-0.2, 0) is 10.8 Å². The Balaban J connectivity index is 1.06. The quantitative estimate of drug-likeness (QED) is 0.156. The van der Waals surface area contributed by atoms with E-state index in [-0.39, 0.29) is 10.8 Å². The number of anilines is 2. The fourth-order valence-corrected chi connectivity index (χ4v) is 7.92. The molecule has 0 atom stereocenters. The maximum Gasteiger partial charge on any atom is 0.137 e. The third kappa shape index (κ3) is 6.49. The SMILES string of the molecule is CC(C)(C)c1cccc(N2CN(c3cccc(Oc4ccc5c6ccccc6n(-c6cc(C(C)(C)c7ccccc7)ccn6)c5c4)c3)C=C2c2ccccc2)c1. The Morgan fingerprint density at radius 3 is 2.02 bits per heavy atom. The first-order chi connectivity index (χ1) is 27.1. The Hall–Kier alpha value is -6.59. The highest BCUT2D eigenvalue weighted by Crippen LogP contribution is 2.39. The topological polar surface area (TPSA) is 33.5 Å². The lowest BCUT2D eigenvalue weighted by atomic mass is 9.78. The molecule has 5 heteroatoms. The fourth-order valence-electron chi connectivity index (χ4n) is 7.92. The molecular weight excluding hydrogens is 685 g/mol. The van der Waals surface area contributed by atoms with Crippen molar-refractivity contribution in [3.05, 3.63) is 198 Å². The molecule has 0 spiro atoms. The van der Waals surface area contributed by atoms with Crippen molar-refractivity contribution >= 4 is 38.9 Å². The number of rotatable bonds is 8. The van der Waals surface area contributed by atoms with E-state index >= 15 is 0 Å². The van der Waals surface area contributed by atoms with Gasteiger partial charge in [-0.2, -0.15) is 0 Å². The second kappa shape index (κ2) is 13.9. The van der Waals surface area contributed by atoms with Gasteiger partial charge in [0, 0.05) is 52.1 Å². The standard InChI is InChI=1S/C51H46N4O/c1-50(2,3)38-20-14-22-41(30-38)54-35-53(34-48(54)36-16-8-6-9-17-36)40-21-15-23-42(32-40)56-43-26-27-45-44-24-12-13-25-46(44)55(47(45)33-43)49-31-39(28-29-52-49)51(4,5)37-18-10-7-11-19-37/h6-34H,35H2,1-5H3. The molecule has 1 aliphatic rings. The third-order valence-electron chi connectivity index (χ3n) is 11.2. The number of aromatic nitrogens is 2. The van der Waals surface area contributed by atoms with Gasteiger partial charge in [-0.3, -0.25) is 4.57 Å². The summed E-state index contributed by atoms with van der Waals surface area (Å²) < 4.78 is 8.96. The highest BCUT2D eigenvalue weighted by molar-refractivity contribution is 6.09. The minimum absolute atomic E-state index is 0.0505. The number of nitrogens with zero attached hydrogens (tertiary/aromatic N) is 4. The lowest BCUT2D eigenvalue weighted by molar-refractivity contribution is 0.483. The van der Waals surface area contributed by atoms with E-state index in [1.54, 1.807) is 0 Å². The number of pyridine rings is 1. The van der Waals surface area contributed by atoms with E-state index < -0.39 is 0 Å². The van der Waals surface area contributed by atoms with E-state index in [0.29, 0.717) is 6.67 Å². The van der Waals surface area contributed by atoms with Crippen LogP contribution >= 0.6 is 0 Å². The molecule has 5 nitrogen and oxygen atoms in total. The van der Waals surface area contributed by atoms with Crippen molar-refractivity contribution in [2.24, 2.45) is 0 Å². The second-order valence-corrected chi connectivity index (χ2v) is 16.2. The van der Waals surface area contributed by atoms with Crippen LogP contribution in [0.2, 0.25) is 0 Å². The minimum Gasteiger partial charge on any atom is -0.457 e. The van der Waals surface area contributed by atoms with E-state index in [1.165, 1.54) is 33.3 Å². The smallest absolute Gasteiger partial charge is 0.137 e. The van der Waals surface area contributed by atoms with Gasteiger partial charge < -0.3 is 14.5 Å². The van der Waals surface area contributed by atoms with Crippen LogP contribution in [0.5, 0.6) is 11.5 Å². The number of ether oxygens (including phenoxy) is 1. The fraction of sp³-hybridized carbons (Fsp3) is 0.157. The first kappa shape index (κ1) is 35.1. The zero-order valence-electron chi connectivity index (χ0n) is 32.6. The number of benzene rings is 6. The Morgan fingerprint density at radius 1 is 0.536 bits per heavy atom. The maximum atomic E-state index is 6.69. The highest BCUT2D eigenvalue weighted by atomic mass is 16.5. The van der Waals surface area contributed by atoms with Crippen molar-refractivity contribution in [1.29, 1.82) is 0 Å². The molecule has 2 aromatic heterocycles. The van der Waals surface area contributed by atoms with E-state index in [9.17, 15) is 0 Å². The second-order valence-electron chi connectivity index (χ2n) is 16.2. The predicted octanol–water partition coefficient (Wildman–Crippen LogP) is 12.9. The molecule has 0 amide bonds. The summed E-state index contributed by atoms with van der Waals surface area (Å²) in [4.78, 5) is 9.64. The molecule has 0 N–H and O–H groups in total. The Bertz CT molecular complexity index is 2720. The van der Waals surface area contributed by atoms with E-state index in [1.807, 2.05) is 12.3 Å². The van der Waals surface area contributed by atoms with Gasteiger partial charge in [0.2, 0.25) is 0 Å². The van der Waals surface area contributed by atoms with Gasteiger partial charge in [0.25, 0.3) is 0 Å². The number of fused-ring (bicyclic) bond motifs is 3. The average Bonchev–Trinajstić information content (AvgIpc) is 3.82. The van der Waals surface area contributed by atoms with Gasteiger partial charge >= 0.3 is 0 Å². The van der Waals surface area contributed by atoms with Crippen LogP contribution in [0.3, 0.4) is 0 Å². The molecule has 9 rings (SSSR count). The monoisotopic (exact) mass is 730 g/mol. The van der Waals surface area contributed by atoms with Crippen molar-refractivity contribution < 1.29 is 4.74 Å². The van der Waals surface area contributed by atoms with Gasteiger partial charge in [-0.05, 0) is 82.3 Å². The van der Waals surface area contributed by atoms with Gasteiger partial charge in [0.05, 0.1) is 23.4 Å². The molecule has 0 fully saturated rings. The summed E-state index contributed by atoms with van der Waals surface area (Å²) in [5.41, 5.74) is 10.4. The van der Waals surface area contributed by atoms with Crippen molar-refractivity contribution in [2.45, 2.75) is 45.4 Å². The lowest BCUT2D eigenvalue weighted by Crippen LogP contribution is -2.26. The zero-order chi connectivity index (χ0) is 38.4. The predicted molar refractivity (Wildman–Crippen MR) is 233 cm³/mol. The van der Waals surface area contributed by atoms with Gasteiger partial charge in [-0.15, -0.1) is 0 Å². The summed E-state index contributed by atoms with van der Waals surface area (Å²) in [7, 11) is 0. The molecule has 0 unspecified atom stereocenters. The summed E-state index contributed by atoms with van der Waals surface area (Å²) in [5.74, 6) is 2.42. The van der Waals surface area contributed by atoms with Crippen LogP contribution in [0.15, 0.2) is 176 Å². The summed E-state index contributed by atoms with van der Waals surface area (Å²) in [6.07, 6.45) is 4.18. The van der Waals surface area contributed by atoms with Crippen molar-refractivity contribution in [3.8, 4) is 17.3 Å². The minimum atomic E-state index is -0.198. The van der Waals surface area contributed by atoms with Crippen LogP contribution in [0, 0.1) is 0 Å². The van der Waals surface area contributed by atoms with Crippen LogP contribution < -0.4 is 14.5 Å². The van der Waals surface area contributed by atoms with E-state index in [0.717, 1.165) is 45.1 Å². The van der Waals surface area contributed by atoms with Crippen LogP contribution in [-0.4, -0.2) is 16.2 Å². The van der Waals surface area contributed by atoms with Crippen molar-refractivity contribution in [1.82, 2.24) is 9.55 Å². The molecular formula is C51H46N4O. The average molecular weight is 731 g/mol. The first-order valence-electron chi connectivity index (χ1n) is 19.4. The zero-order valence-corrected chi connectivity index (χ0v) is 32.6. The molecule has 6 aromatic carbocycles. The molecule has 0 aliphatic carbocycles. The molecule has 3 heterocycles. The van der Waals surface area contributed by atoms with Gasteiger partial charge in [-0.1, -0.05) is 132 Å². The van der Waals surface area contributed by atoms with E-state index in [2.05, 4.69) is 213 Å². The van der Waals surface area contributed by atoms with E-state index in [4.69, 9.17) is 9.72 Å². The lowest BCUT2D eigenvalue weighted by Gasteiger charge is -2.27. The van der Waals surface area contributed by atoms with Gasteiger partial charge in [0.15, 0.2) is 0 Å². The van der Waals surface area contributed by atoms with Gasteiger partial charge in [-0.25, -0.2) is 4.98 Å². The molecule has 0 bridgehead atoms. The Kier molecular flexibility index (Phi) is 8.73. The van der Waals surface area contributed by atoms with Crippen molar-refractivity contribution in [3.63, 3.8) is 0 Å². The largest absolute Gasteiger partial charge is 0.457 e. The maximum absolute atomic E-state index is 6.69. The van der Waals surface area contributed by atoms with Crippen LogP contribution in [0.25, 0.3) is 33.3 Å². The normalized spacial score (nSPS) is 13.4. The molecule has 8 aromatic rings. The summed E-state index contributed by atoms with van der Waals surface area (Å²) >= 11 is 0. The number of para-hydroxylation sites is 1. The molecule has 0 saturated heterocycles. The number of hydrogen-bond donors (Lipinski definition) is 0. The molecule has 56 heavy (non-hydrogen) atoms. The molecule has 276 valence electrons.